The number of phenolic OH excluding ortho intramolecular Hbond substituents is 1. The second-order valence-electron chi connectivity index (χ2n) is 7.96. The zero-order chi connectivity index (χ0) is 24.9. The second kappa shape index (κ2) is 10.7. The summed E-state index contributed by atoms with van der Waals surface area (Å²) >= 11 is 5.69. The Morgan fingerprint density at radius 1 is 1.11 bits per heavy atom. The van der Waals surface area contributed by atoms with E-state index in [4.69, 9.17) is 35.9 Å². The number of aromatic hydroxyl groups is 1. The standard InChI is InChI=1S/C25H28N4O5S/c1-15-21(24-27-23(28-34-24)16-6-9-18(32-3)10-7-16)22(17-8-11-20(33-4)19(30)14-17)26-25(35)29(15)12-5-13-31-2/h6-11,14,22,30H,5,12-13H2,1-4H3,(H,26,35). The van der Waals surface area contributed by atoms with Gasteiger partial charge in [-0.05, 0) is 67.5 Å². The third-order valence-electron chi connectivity index (χ3n) is 5.87. The van der Waals surface area contributed by atoms with Gasteiger partial charge in [0, 0.05) is 31.5 Å². The molecule has 0 spiro atoms. The lowest BCUT2D eigenvalue weighted by molar-refractivity contribution is 0.188. The number of benzene rings is 2. The van der Waals surface area contributed by atoms with Crippen LogP contribution >= 0.6 is 12.2 Å². The van der Waals surface area contributed by atoms with Crippen molar-refractivity contribution in [1.29, 1.82) is 0 Å². The molecule has 1 aliphatic rings. The smallest absolute Gasteiger partial charge is 0.258 e. The molecule has 0 bridgehead atoms. The Balaban J connectivity index is 1.76. The highest BCUT2D eigenvalue weighted by atomic mass is 32.1. The van der Waals surface area contributed by atoms with Crippen LogP contribution < -0.4 is 14.8 Å². The van der Waals surface area contributed by atoms with Crippen LogP contribution in [0.3, 0.4) is 0 Å². The lowest BCUT2D eigenvalue weighted by Crippen LogP contribution is -2.46. The SMILES string of the molecule is COCCCN1C(=S)NC(c2ccc(OC)c(O)c2)C(c2nc(-c3ccc(OC)cc3)no2)=C1C. The molecule has 0 fully saturated rings. The van der Waals surface area contributed by atoms with Gasteiger partial charge in [-0.15, -0.1) is 0 Å². The molecule has 3 aromatic rings. The molecule has 2 heterocycles. The summed E-state index contributed by atoms with van der Waals surface area (Å²) in [6.45, 7) is 3.25. The number of methoxy groups -OCH3 is 3. The van der Waals surface area contributed by atoms with E-state index in [9.17, 15) is 5.11 Å². The van der Waals surface area contributed by atoms with Crippen molar-refractivity contribution in [3.8, 4) is 28.6 Å². The first kappa shape index (κ1) is 24.5. The van der Waals surface area contributed by atoms with Crippen LogP contribution in [0.2, 0.25) is 0 Å². The summed E-state index contributed by atoms with van der Waals surface area (Å²) in [6, 6.07) is 12.2. The van der Waals surface area contributed by atoms with Crippen molar-refractivity contribution in [2.24, 2.45) is 0 Å². The average molecular weight is 497 g/mol. The molecule has 35 heavy (non-hydrogen) atoms. The number of allylic oxidation sites excluding steroid dienone is 1. The monoisotopic (exact) mass is 496 g/mol. The quantitative estimate of drug-likeness (QED) is 0.332. The van der Waals surface area contributed by atoms with E-state index in [0.717, 1.165) is 34.6 Å². The van der Waals surface area contributed by atoms with Gasteiger partial charge in [0.15, 0.2) is 16.6 Å². The van der Waals surface area contributed by atoms with Gasteiger partial charge in [-0.25, -0.2) is 0 Å². The predicted octanol–water partition coefficient (Wildman–Crippen LogP) is 4.16. The third kappa shape index (κ3) is 5.08. The molecule has 0 aliphatic carbocycles. The zero-order valence-corrected chi connectivity index (χ0v) is 20.9. The number of nitrogens with one attached hydrogen (secondary N) is 1. The third-order valence-corrected chi connectivity index (χ3v) is 6.21. The van der Waals surface area contributed by atoms with Crippen LogP contribution in [0, 0.1) is 0 Å². The molecule has 4 rings (SSSR count). The fraction of sp³-hybridized carbons (Fsp3) is 0.320. The molecule has 0 amide bonds. The largest absolute Gasteiger partial charge is 0.504 e. The molecule has 0 radical (unpaired) electrons. The average Bonchev–Trinajstić information content (AvgIpc) is 3.35. The van der Waals surface area contributed by atoms with Gasteiger partial charge in [-0.3, -0.25) is 0 Å². The van der Waals surface area contributed by atoms with Crippen LogP contribution in [0.5, 0.6) is 17.2 Å². The van der Waals surface area contributed by atoms with Crippen LogP contribution in [-0.4, -0.2) is 59.7 Å². The predicted molar refractivity (Wildman–Crippen MR) is 135 cm³/mol. The van der Waals surface area contributed by atoms with Crippen LogP contribution in [-0.2, 0) is 4.74 Å². The van der Waals surface area contributed by atoms with Crippen molar-refractivity contribution < 1.29 is 23.8 Å². The van der Waals surface area contributed by atoms with Crippen molar-refractivity contribution in [3.63, 3.8) is 0 Å². The van der Waals surface area contributed by atoms with Gasteiger partial charge in [0.2, 0.25) is 5.82 Å². The van der Waals surface area contributed by atoms with E-state index in [1.165, 1.54) is 7.11 Å². The van der Waals surface area contributed by atoms with Gasteiger partial charge in [0.05, 0.1) is 25.8 Å². The molecule has 10 heteroatoms. The highest BCUT2D eigenvalue weighted by molar-refractivity contribution is 7.80. The van der Waals surface area contributed by atoms with Gasteiger partial charge in [-0.1, -0.05) is 11.2 Å². The Bertz CT molecular complexity index is 1220. The second-order valence-corrected chi connectivity index (χ2v) is 8.35. The lowest BCUT2D eigenvalue weighted by Gasteiger charge is -2.37. The highest BCUT2D eigenvalue weighted by Crippen LogP contribution is 2.39. The summed E-state index contributed by atoms with van der Waals surface area (Å²) < 4.78 is 21.4. The Morgan fingerprint density at radius 2 is 1.89 bits per heavy atom. The van der Waals surface area contributed by atoms with E-state index < -0.39 is 6.04 Å². The molecular weight excluding hydrogens is 468 g/mol. The van der Waals surface area contributed by atoms with Gasteiger partial charge in [0.25, 0.3) is 5.89 Å². The summed E-state index contributed by atoms with van der Waals surface area (Å²) in [4.78, 5) is 6.70. The fourth-order valence-corrected chi connectivity index (χ4v) is 4.37. The van der Waals surface area contributed by atoms with Crippen molar-refractivity contribution in [2.75, 3.05) is 34.5 Å². The summed E-state index contributed by atoms with van der Waals surface area (Å²) in [5.74, 6) is 1.97. The maximum atomic E-state index is 10.4. The summed E-state index contributed by atoms with van der Waals surface area (Å²) in [6.07, 6.45) is 0.790. The molecule has 1 atom stereocenters. The van der Waals surface area contributed by atoms with Gasteiger partial charge >= 0.3 is 0 Å². The van der Waals surface area contributed by atoms with Gasteiger partial charge < -0.3 is 34.1 Å². The van der Waals surface area contributed by atoms with Crippen molar-refractivity contribution in [2.45, 2.75) is 19.4 Å². The molecule has 1 unspecified atom stereocenters. The van der Waals surface area contributed by atoms with E-state index >= 15 is 0 Å². The Hall–Kier alpha value is -3.63. The first-order valence-electron chi connectivity index (χ1n) is 11.1. The van der Waals surface area contributed by atoms with Crippen LogP contribution in [0.4, 0.5) is 0 Å². The van der Waals surface area contributed by atoms with Crippen LogP contribution in [0.1, 0.15) is 30.8 Å². The maximum Gasteiger partial charge on any atom is 0.258 e. The van der Waals surface area contributed by atoms with E-state index in [1.807, 2.05) is 42.2 Å². The summed E-state index contributed by atoms with van der Waals surface area (Å²) in [5, 5.41) is 18.6. The molecule has 0 saturated heterocycles. The Kier molecular flexibility index (Phi) is 7.52. The molecule has 184 valence electrons. The van der Waals surface area contributed by atoms with Gasteiger partial charge in [0.1, 0.15) is 5.75 Å². The first-order valence-corrected chi connectivity index (χ1v) is 11.5. The van der Waals surface area contributed by atoms with E-state index in [-0.39, 0.29) is 5.75 Å². The Labute approximate surface area is 209 Å². The van der Waals surface area contributed by atoms with Crippen LogP contribution in [0.15, 0.2) is 52.7 Å². The molecule has 2 N–H and O–H groups in total. The van der Waals surface area contributed by atoms with Gasteiger partial charge in [-0.2, -0.15) is 4.98 Å². The first-order chi connectivity index (χ1) is 17.0. The number of hydrogen-bond acceptors (Lipinski definition) is 8. The topological polar surface area (TPSA) is 102 Å². The molecular formula is C25H28N4O5S. The molecule has 0 saturated carbocycles. The van der Waals surface area contributed by atoms with E-state index in [2.05, 4.69) is 10.5 Å². The van der Waals surface area contributed by atoms with Crippen LogP contribution in [0.25, 0.3) is 17.0 Å². The summed E-state index contributed by atoms with van der Waals surface area (Å²) in [5.41, 5.74) is 3.23. The number of ether oxygens (including phenoxy) is 3. The molecule has 9 nitrogen and oxygen atoms in total. The zero-order valence-electron chi connectivity index (χ0n) is 20.1. The number of hydrogen-bond donors (Lipinski definition) is 2. The number of nitrogens with zero attached hydrogens (tertiary/aromatic N) is 3. The number of rotatable bonds is 9. The Morgan fingerprint density at radius 3 is 2.54 bits per heavy atom. The fourth-order valence-electron chi connectivity index (χ4n) is 4.02. The summed E-state index contributed by atoms with van der Waals surface area (Å²) in [7, 11) is 4.80. The van der Waals surface area contributed by atoms with E-state index in [0.29, 0.717) is 35.7 Å². The normalized spacial score (nSPS) is 15.8. The van der Waals surface area contributed by atoms with Crippen molar-refractivity contribution >= 4 is 22.9 Å². The minimum absolute atomic E-state index is 0.0293. The minimum Gasteiger partial charge on any atom is -0.504 e. The van der Waals surface area contributed by atoms with E-state index in [1.54, 1.807) is 26.4 Å². The molecule has 1 aliphatic heterocycles. The van der Waals surface area contributed by atoms with Crippen molar-refractivity contribution in [1.82, 2.24) is 20.4 Å². The van der Waals surface area contributed by atoms with Crippen molar-refractivity contribution in [3.05, 3.63) is 59.6 Å². The number of thiocarbonyl (C=S) groups is 1. The maximum absolute atomic E-state index is 10.4. The lowest BCUT2D eigenvalue weighted by atomic mass is 9.94. The molecule has 2 aromatic carbocycles. The highest BCUT2D eigenvalue weighted by Gasteiger charge is 2.34. The molecule has 1 aromatic heterocycles. The minimum atomic E-state index is -0.415. The number of phenols is 1. The number of aromatic nitrogens is 2.